The Balaban J connectivity index is 2.84. The van der Waals surface area contributed by atoms with Gasteiger partial charge in [0.25, 0.3) is 0 Å². The predicted molar refractivity (Wildman–Crippen MR) is 73.0 cm³/mol. The highest BCUT2D eigenvalue weighted by atomic mass is 16.5. The van der Waals surface area contributed by atoms with Crippen LogP contribution < -0.4 is 14.8 Å². The van der Waals surface area contributed by atoms with Gasteiger partial charge in [-0.15, -0.1) is 0 Å². The van der Waals surface area contributed by atoms with Crippen LogP contribution in [-0.2, 0) is 0 Å². The number of ether oxygens (including phenoxy) is 2. The molecule has 0 heterocycles. The molecule has 0 bridgehead atoms. The molecule has 2 N–H and O–H groups in total. The number of benzene rings is 1. The van der Waals surface area contributed by atoms with Crippen LogP contribution in [-0.4, -0.2) is 44.3 Å². The summed E-state index contributed by atoms with van der Waals surface area (Å²) in [5, 5.41) is 11.8. The third-order valence-corrected chi connectivity index (χ3v) is 2.85. The van der Waals surface area contributed by atoms with Crippen molar-refractivity contribution in [1.82, 2.24) is 5.32 Å². The van der Waals surface area contributed by atoms with Gasteiger partial charge in [0.1, 0.15) is 11.5 Å². The van der Waals surface area contributed by atoms with Crippen molar-refractivity contribution in [3.63, 3.8) is 0 Å². The summed E-state index contributed by atoms with van der Waals surface area (Å²) >= 11 is 0. The van der Waals surface area contributed by atoms with Gasteiger partial charge in [0, 0.05) is 6.61 Å². The van der Waals surface area contributed by atoms with Gasteiger partial charge in [-0.1, -0.05) is 0 Å². The number of nitrogens with one attached hydrogen (secondary N) is 1. The van der Waals surface area contributed by atoms with Crippen LogP contribution in [0.15, 0.2) is 18.2 Å². The minimum atomic E-state index is -0.340. The van der Waals surface area contributed by atoms with Gasteiger partial charge in [0.15, 0.2) is 5.78 Å². The molecule has 0 aromatic heterocycles. The van der Waals surface area contributed by atoms with Crippen molar-refractivity contribution in [2.45, 2.75) is 19.4 Å². The van der Waals surface area contributed by atoms with Crippen molar-refractivity contribution >= 4 is 5.78 Å². The van der Waals surface area contributed by atoms with E-state index in [2.05, 4.69) is 5.32 Å². The summed E-state index contributed by atoms with van der Waals surface area (Å²) in [6, 6.07) is 4.80. The first-order chi connectivity index (χ1) is 9.13. The van der Waals surface area contributed by atoms with Crippen molar-refractivity contribution < 1.29 is 19.4 Å². The van der Waals surface area contributed by atoms with Crippen molar-refractivity contribution in [2.24, 2.45) is 0 Å². The minimum Gasteiger partial charge on any atom is -0.497 e. The molecule has 1 atom stereocenters. The summed E-state index contributed by atoms with van der Waals surface area (Å²) in [5.41, 5.74) is 0.492. The quantitative estimate of drug-likeness (QED) is 0.548. The molecular formula is C14H21NO4. The Morgan fingerprint density at radius 2 is 2.11 bits per heavy atom. The van der Waals surface area contributed by atoms with E-state index in [1.54, 1.807) is 32.2 Å². The maximum absolute atomic E-state index is 12.3. The van der Waals surface area contributed by atoms with E-state index in [1.165, 1.54) is 7.11 Å². The molecule has 19 heavy (non-hydrogen) atoms. The second kappa shape index (κ2) is 7.76. The fourth-order valence-corrected chi connectivity index (χ4v) is 1.73. The number of rotatable bonds is 8. The molecule has 0 aliphatic heterocycles. The Kier molecular flexibility index (Phi) is 6.32. The highest BCUT2D eigenvalue weighted by Crippen LogP contribution is 2.25. The Morgan fingerprint density at radius 1 is 1.37 bits per heavy atom. The van der Waals surface area contributed by atoms with Crippen molar-refractivity contribution in [3.05, 3.63) is 23.8 Å². The average molecular weight is 267 g/mol. The van der Waals surface area contributed by atoms with Crippen LogP contribution in [0, 0.1) is 0 Å². The highest BCUT2D eigenvalue weighted by Gasteiger charge is 2.19. The number of hydrogen-bond donors (Lipinski definition) is 2. The van der Waals surface area contributed by atoms with Gasteiger partial charge in [-0.25, -0.2) is 0 Å². The lowest BCUT2D eigenvalue weighted by Crippen LogP contribution is -2.35. The largest absolute Gasteiger partial charge is 0.497 e. The molecule has 5 heteroatoms. The smallest absolute Gasteiger partial charge is 0.183 e. The van der Waals surface area contributed by atoms with Crippen LogP contribution in [0.5, 0.6) is 11.5 Å². The first-order valence-electron chi connectivity index (χ1n) is 6.24. The lowest BCUT2D eigenvalue weighted by atomic mass is 10.0. The van der Waals surface area contributed by atoms with Crippen LogP contribution in [0.25, 0.3) is 0 Å². The summed E-state index contributed by atoms with van der Waals surface area (Å²) in [5.74, 6) is 1.09. The molecule has 1 unspecified atom stereocenters. The molecule has 0 aliphatic rings. The fraction of sp³-hybridized carbons (Fsp3) is 0.500. The number of aliphatic hydroxyl groups is 1. The summed E-state index contributed by atoms with van der Waals surface area (Å²) in [6.07, 6.45) is 0.618. The summed E-state index contributed by atoms with van der Waals surface area (Å²) in [6.45, 7) is 2.49. The van der Waals surface area contributed by atoms with E-state index in [0.717, 1.165) is 0 Å². The molecular weight excluding hydrogens is 246 g/mol. The van der Waals surface area contributed by atoms with Gasteiger partial charge in [0.2, 0.25) is 0 Å². The monoisotopic (exact) mass is 267 g/mol. The first-order valence-corrected chi connectivity index (χ1v) is 6.24. The summed E-state index contributed by atoms with van der Waals surface area (Å²) in [4.78, 5) is 12.3. The second-order valence-electron chi connectivity index (χ2n) is 4.18. The molecule has 0 saturated carbocycles. The molecule has 0 aliphatic carbocycles. The van der Waals surface area contributed by atoms with E-state index in [1.807, 2.05) is 0 Å². The van der Waals surface area contributed by atoms with Crippen molar-refractivity contribution in [2.75, 3.05) is 27.4 Å². The van der Waals surface area contributed by atoms with Gasteiger partial charge < -0.3 is 19.9 Å². The van der Waals surface area contributed by atoms with Gasteiger partial charge in [-0.3, -0.25) is 4.79 Å². The first kappa shape index (κ1) is 15.5. The molecule has 1 rings (SSSR count). The second-order valence-corrected chi connectivity index (χ2v) is 4.18. The summed E-state index contributed by atoms with van der Waals surface area (Å²) in [7, 11) is 3.08. The molecule has 0 saturated heterocycles. The van der Waals surface area contributed by atoms with Gasteiger partial charge in [0.05, 0.1) is 25.8 Å². The van der Waals surface area contributed by atoms with E-state index in [4.69, 9.17) is 14.6 Å². The number of aliphatic hydroxyl groups excluding tert-OH is 1. The zero-order valence-electron chi connectivity index (χ0n) is 11.6. The number of ketones is 1. The molecule has 0 fully saturated rings. The zero-order chi connectivity index (χ0) is 14.3. The Bertz CT molecular complexity index is 420. The van der Waals surface area contributed by atoms with Gasteiger partial charge >= 0.3 is 0 Å². The number of Topliss-reactive ketones (excluding diaryl/α,β-unsaturated/α-hetero) is 1. The Hall–Kier alpha value is -1.59. The third-order valence-electron chi connectivity index (χ3n) is 2.85. The maximum atomic E-state index is 12.3. The fourth-order valence-electron chi connectivity index (χ4n) is 1.73. The normalized spacial score (nSPS) is 12.0. The lowest BCUT2D eigenvalue weighted by Gasteiger charge is -2.15. The average Bonchev–Trinajstić information content (AvgIpc) is 2.45. The van der Waals surface area contributed by atoms with Crippen LogP contribution in [0.2, 0.25) is 0 Å². The molecule has 106 valence electrons. The van der Waals surface area contributed by atoms with Crippen LogP contribution in [0.3, 0.4) is 0 Å². The van der Waals surface area contributed by atoms with Crippen LogP contribution in [0.4, 0.5) is 0 Å². The predicted octanol–water partition coefficient (Wildman–Crippen LogP) is 1.25. The van der Waals surface area contributed by atoms with Gasteiger partial charge in [-0.2, -0.15) is 0 Å². The van der Waals surface area contributed by atoms with E-state index in [9.17, 15) is 4.79 Å². The minimum absolute atomic E-state index is 0.0614. The number of carbonyl (C=O) groups is 1. The van der Waals surface area contributed by atoms with E-state index < -0.39 is 0 Å². The standard InChI is InChI=1S/C14H21NO4/c1-10(15-7-4-8-16)14(17)12-9-11(18-2)5-6-13(12)19-3/h5-6,9-10,15-16H,4,7-8H2,1-3H3. The molecule has 0 radical (unpaired) electrons. The Labute approximate surface area is 113 Å². The summed E-state index contributed by atoms with van der Waals surface area (Å²) < 4.78 is 10.3. The van der Waals surface area contributed by atoms with Gasteiger partial charge in [-0.05, 0) is 38.1 Å². The van der Waals surface area contributed by atoms with Crippen LogP contribution >= 0.6 is 0 Å². The maximum Gasteiger partial charge on any atom is 0.183 e. The van der Waals surface area contributed by atoms with E-state index in [0.29, 0.717) is 30.0 Å². The molecule has 0 amide bonds. The van der Waals surface area contributed by atoms with Crippen molar-refractivity contribution in [3.8, 4) is 11.5 Å². The SMILES string of the molecule is COc1ccc(OC)c(C(=O)C(C)NCCCO)c1. The van der Waals surface area contributed by atoms with E-state index in [-0.39, 0.29) is 18.4 Å². The highest BCUT2D eigenvalue weighted by molar-refractivity contribution is 6.02. The van der Waals surface area contributed by atoms with E-state index >= 15 is 0 Å². The number of hydrogen-bond acceptors (Lipinski definition) is 5. The third kappa shape index (κ3) is 4.22. The lowest BCUT2D eigenvalue weighted by molar-refractivity contribution is 0.0946. The topological polar surface area (TPSA) is 67.8 Å². The number of methoxy groups -OCH3 is 2. The zero-order valence-corrected chi connectivity index (χ0v) is 11.6. The number of carbonyl (C=O) groups excluding carboxylic acids is 1. The van der Waals surface area contributed by atoms with Crippen molar-refractivity contribution in [1.29, 1.82) is 0 Å². The van der Waals surface area contributed by atoms with Crippen LogP contribution in [0.1, 0.15) is 23.7 Å². The molecule has 5 nitrogen and oxygen atoms in total. The molecule has 1 aromatic rings. The molecule has 0 spiro atoms. The molecule has 1 aromatic carbocycles. The Morgan fingerprint density at radius 3 is 2.68 bits per heavy atom.